The van der Waals surface area contributed by atoms with E-state index in [-0.39, 0.29) is 11.7 Å². The predicted molar refractivity (Wildman–Crippen MR) is 87.1 cm³/mol. The van der Waals surface area contributed by atoms with Crippen LogP contribution in [0.4, 0.5) is 10.1 Å². The molecule has 0 fully saturated rings. The molecule has 1 N–H and O–H groups in total. The van der Waals surface area contributed by atoms with Gasteiger partial charge in [-0.2, -0.15) is 0 Å². The van der Waals surface area contributed by atoms with Crippen molar-refractivity contribution < 1.29 is 9.18 Å². The highest BCUT2D eigenvalue weighted by molar-refractivity contribution is 7.99. The topological polar surface area (TPSA) is 29.1 Å². The molecule has 0 aliphatic carbocycles. The van der Waals surface area contributed by atoms with Crippen molar-refractivity contribution in [2.75, 3.05) is 11.1 Å². The molecule has 4 heteroatoms. The smallest absolute Gasteiger partial charge is 0.234 e. The van der Waals surface area contributed by atoms with Crippen molar-refractivity contribution in [3.05, 3.63) is 65.0 Å². The number of anilines is 1. The lowest BCUT2D eigenvalue weighted by Gasteiger charge is -2.10. The van der Waals surface area contributed by atoms with E-state index in [1.807, 2.05) is 32.0 Å². The first-order chi connectivity index (χ1) is 10.1. The third-order valence-corrected chi connectivity index (χ3v) is 4.31. The van der Waals surface area contributed by atoms with Crippen molar-refractivity contribution in [3.63, 3.8) is 0 Å². The van der Waals surface area contributed by atoms with Gasteiger partial charge in [-0.3, -0.25) is 4.79 Å². The molecule has 110 valence electrons. The van der Waals surface area contributed by atoms with E-state index in [2.05, 4.69) is 5.32 Å². The number of nitrogens with one attached hydrogen (secondary N) is 1. The third-order valence-electron chi connectivity index (χ3n) is 3.33. The summed E-state index contributed by atoms with van der Waals surface area (Å²) < 4.78 is 13.4. The SMILES string of the molecule is Cc1cccc(NC(=O)CSCc2ccccc2F)c1C. The van der Waals surface area contributed by atoms with Crippen LogP contribution in [0.3, 0.4) is 0 Å². The summed E-state index contributed by atoms with van der Waals surface area (Å²) in [5.41, 5.74) is 3.69. The summed E-state index contributed by atoms with van der Waals surface area (Å²) in [4.78, 5) is 11.9. The van der Waals surface area contributed by atoms with Crippen LogP contribution in [0.2, 0.25) is 0 Å². The Morgan fingerprint density at radius 2 is 1.90 bits per heavy atom. The lowest BCUT2D eigenvalue weighted by atomic mass is 10.1. The lowest BCUT2D eigenvalue weighted by molar-refractivity contribution is -0.113. The highest BCUT2D eigenvalue weighted by Crippen LogP contribution is 2.19. The van der Waals surface area contributed by atoms with Gasteiger partial charge in [-0.15, -0.1) is 11.8 Å². The maximum atomic E-state index is 13.4. The van der Waals surface area contributed by atoms with Gasteiger partial charge in [0.25, 0.3) is 0 Å². The summed E-state index contributed by atoms with van der Waals surface area (Å²) in [6.07, 6.45) is 0. The van der Waals surface area contributed by atoms with E-state index in [0.717, 1.165) is 16.8 Å². The maximum Gasteiger partial charge on any atom is 0.234 e. The predicted octanol–water partition coefficient (Wildman–Crippen LogP) is 4.31. The minimum absolute atomic E-state index is 0.0648. The number of aryl methyl sites for hydroxylation is 1. The zero-order valence-electron chi connectivity index (χ0n) is 12.2. The number of hydrogen-bond acceptors (Lipinski definition) is 2. The van der Waals surface area contributed by atoms with Crippen molar-refractivity contribution in [1.82, 2.24) is 0 Å². The molecule has 0 unspecified atom stereocenters. The second kappa shape index (κ2) is 7.27. The van der Waals surface area contributed by atoms with Crippen molar-refractivity contribution in [2.24, 2.45) is 0 Å². The molecule has 0 atom stereocenters. The quantitative estimate of drug-likeness (QED) is 0.891. The second-order valence-electron chi connectivity index (χ2n) is 4.88. The normalized spacial score (nSPS) is 10.4. The molecule has 2 aromatic carbocycles. The summed E-state index contributed by atoms with van der Waals surface area (Å²) in [6.45, 7) is 4.00. The van der Waals surface area contributed by atoms with Crippen LogP contribution in [0.1, 0.15) is 16.7 Å². The Balaban J connectivity index is 1.85. The van der Waals surface area contributed by atoms with E-state index in [4.69, 9.17) is 0 Å². The molecule has 0 aliphatic rings. The molecule has 2 nitrogen and oxygen atoms in total. The van der Waals surface area contributed by atoms with Crippen LogP contribution in [-0.4, -0.2) is 11.7 Å². The number of rotatable bonds is 5. The molecule has 2 aromatic rings. The first-order valence-corrected chi connectivity index (χ1v) is 7.90. The number of benzene rings is 2. The average Bonchev–Trinajstić information content (AvgIpc) is 2.46. The standard InChI is InChI=1S/C17H18FNOS/c1-12-6-5-9-16(13(12)2)19-17(20)11-21-10-14-7-3-4-8-15(14)18/h3-9H,10-11H2,1-2H3,(H,19,20). The van der Waals surface area contributed by atoms with Crippen LogP contribution >= 0.6 is 11.8 Å². The van der Waals surface area contributed by atoms with E-state index in [1.165, 1.54) is 17.8 Å². The second-order valence-corrected chi connectivity index (χ2v) is 5.87. The van der Waals surface area contributed by atoms with E-state index in [9.17, 15) is 9.18 Å². The summed E-state index contributed by atoms with van der Waals surface area (Å²) in [5, 5.41) is 2.90. The van der Waals surface area contributed by atoms with Gasteiger partial charge >= 0.3 is 0 Å². The molecule has 0 aromatic heterocycles. The minimum Gasteiger partial charge on any atom is -0.325 e. The lowest BCUT2D eigenvalue weighted by Crippen LogP contribution is -2.15. The number of thioether (sulfide) groups is 1. The number of hydrogen-bond donors (Lipinski definition) is 1. The van der Waals surface area contributed by atoms with Crippen LogP contribution in [0.5, 0.6) is 0 Å². The van der Waals surface area contributed by atoms with E-state index in [0.29, 0.717) is 17.1 Å². The van der Waals surface area contributed by atoms with E-state index in [1.54, 1.807) is 18.2 Å². The van der Waals surface area contributed by atoms with Gasteiger partial charge in [-0.1, -0.05) is 30.3 Å². The largest absolute Gasteiger partial charge is 0.325 e. The fraction of sp³-hybridized carbons (Fsp3) is 0.235. The fourth-order valence-corrected chi connectivity index (χ4v) is 2.76. The molecular formula is C17H18FNOS. The Morgan fingerprint density at radius 1 is 1.14 bits per heavy atom. The van der Waals surface area contributed by atoms with Gasteiger partial charge in [0.05, 0.1) is 5.75 Å². The Labute approximate surface area is 128 Å². The molecule has 2 rings (SSSR count). The monoisotopic (exact) mass is 303 g/mol. The van der Waals surface area contributed by atoms with Crippen molar-refractivity contribution in [3.8, 4) is 0 Å². The average molecular weight is 303 g/mol. The fourth-order valence-electron chi connectivity index (χ4n) is 1.94. The summed E-state index contributed by atoms with van der Waals surface area (Å²) in [5.74, 6) is 0.513. The Morgan fingerprint density at radius 3 is 2.67 bits per heavy atom. The number of halogens is 1. The van der Waals surface area contributed by atoms with E-state index < -0.39 is 0 Å². The van der Waals surface area contributed by atoms with Crippen LogP contribution in [0.15, 0.2) is 42.5 Å². The van der Waals surface area contributed by atoms with Gasteiger partial charge in [-0.25, -0.2) is 4.39 Å². The van der Waals surface area contributed by atoms with Gasteiger partial charge < -0.3 is 5.32 Å². The molecule has 0 saturated heterocycles. The molecule has 0 bridgehead atoms. The molecule has 1 amide bonds. The molecular weight excluding hydrogens is 285 g/mol. The van der Waals surface area contributed by atoms with Gasteiger partial charge in [-0.05, 0) is 42.7 Å². The Bertz CT molecular complexity index is 642. The van der Waals surface area contributed by atoms with Gasteiger partial charge in [0.15, 0.2) is 0 Å². The number of carbonyl (C=O) groups is 1. The van der Waals surface area contributed by atoms with Crippen LogP contribution in [-0.2, 0) is 10.5 Å². The van der Waals surface area contributed by atoms with Crippen molar-refractivity contribution in [2.45, 2.75) is 19.6 Å². The molecule has 0 saturated carbocycles. The van der Waals surface area contributed by atoms with Gasteiger partial charge in [0.2, 0.25) is 5.91 Å². The molecule has 21 heavy (non-hydrogen) atoms. The summed E-state index contributed by atoms with van der Waals surface area (Å²) in [7, 11) is 0. The van der Waals surface area contributed by atoms with E-state index >= 15 is 0 Å². The Hall–Kier alpha value is -1.81. The number of carbonyl (C=O) groups excluding carboxylic acids is 1. The minimum atomic E-state index is -0.222. The molecule has 0 spiro atoms. The maximum absolute atomic E-state index is 13.4. The highest BCUT2D eigenvalue weighted by atomic mass is 32.2. The first kappa shape index (κ1) is 15.6. The number of amides is 1. The van der Waals surface area contributed by atoms with Gasteiger partial charge in [0.1, 0.15) is 5.82 Å². The van der Waals surface area contributed by atoms with Gasteiger partial charge in [0, 0.05) is 11.4 Å². The summed E-state index contributed by atoms with van der Waals surface area (Å²) >= 11 is 1.41. The molecule has 0 heterocycles. The first-order valence-electron chi connectivity index (χ1n) is 6.75. The highest BCUT2D eigenvalue weighted by Gasteiger charge is 2.07. The van der Waals surface area contributed by atoms with Crippen LogP contribution in [0, 0.1) is 19.7 Å². The third kappa shape index (κ3) is 4.33. The molecule has 0 radical (unpaired) electrons. The zero-order chi connectivity index (χ0) is 15.2. The molecule has 0 aliphatic heterocycles. The zero-order valence-corrected chi connectivity index (χ0v) is 13.0. The summed E-state index contributed by atoms with van der Waals surface area (Å²) in [6, 6.07) is 12.5. The van der Waals surface area contributed by atoms with Crippen molar-refractivity contribution in [1.29, 1.82) is 0 Å². The van der Waals surface area contributed by atoms with Crippen molar-refractivity contribution >= 4 is 23.4 Å². The van der Waals surface area contributed by atoms with Crippen LogP contribution in [0.25, 0.3) is 0 Å². The Kier molecular flexibility index (Phi) is 5.39. The van der Waals surface area contributed by atoms with Crippen LogP contribution < -0.4 is 5.32 Å².